The average Bonchev–Trinajstić information content (AvgIpc) is 3.41. The van der Waals surface area contributed by atoms with Crippen LogP contribution in [0.15, 0.2) is 23.1 Å². The van der Waals surface area contributed by atoms with E-state index >= 15 is 0 Å². The van der Waals surface area contributed by atoms with Gasteiger partial charge < -0.3 is 25.0 Å². The zero-order valence-corrected chi connectivity index (χ0v) is 18.2. The lowest BCUT2D eigenvalue weighted by molar-refractivity contribution is 0.0695. The molecule has 8 heteroatoms. The Kier molecular flexibility index (Phi) is 5.09. The van der Waals surface area contributed by atoms with Crippen LogP contribution in [-0.4, -0.2) is 41.9 Å². The molecule has 5 rings (SSSR count). The number of carboxylic acid groups (broad SMARTS) is 1. The predicted molar refractivity (Wildman–Crippen MR) is 120 cm³/mol. The molecule has 1 aromatic carbocycles. The summed E-state index contributed by atoms with van der Waals surface area (Å²) in [5.41, 5.74) is 7.25. The molecule has 1 aliphatic heterocycles. The van der Waals surface area contributed by atoms with Crippen molar-refractivity contribution in [3.63, 3.8) is 0 Å². The second-order valence-corrected chi connectivity index (χ2v) is 9.43. The second kappa shape index (κ2) is 7.82. The number of nitrogens with two attached hydrogens (primary N) is 1. The SMILES string of the molecule is COc1c(N2CC3CCC(C(N)CC#N)C3C2)ccc2c(=O)c(C(=O)O)cn(C3CC3)c12. The Balaban J connectivity index is 1.57. The van der Waals surface area contributed by atoms with E-state index in [0.717, 1.165) is 44.5 Å². The number of hydrogen-bond acceptors (Lipinski definition) is 6. The summed E-state index contributed by atoms with van der Waals surface area (Å²) < 4.78 is 7.79. The molecule has 4 atom stereocenters. The fourth-order valence-electron chi connectivity index (χ4n) is 5.94. The Bertz CT molecular complexity index is 1180. The van der Waals surface area contributed by atoms with Gasteiger partial charge in [0.1, 0.15) is 5.56 Å². The number of nitrogens with zero attached hydrogens (tertiary/aromatic N) is 3. The minimum Gasteiger partial charge on any atom is -0.492 e. The first-order valence-electron chi connectivity index (χ1n) is 11.3. The number of pyridine rings is 1. The molecule has 2 aromatic rings. The second-order valence-electron chi connectivity index (χ2n) is 9.43. The molecule has 1 aromatic heterocycles. The summed E-state index contributed by atoms with van der Waals surface area (Å²) in [6.07, 6.45) is 5.95. The highest BCUT2D eigenvalue weighted by Gasteiger charge is 2.45. The molecule has 0 radical (unpaired) electrons. The highest BCUT2D eigenvalue weighted by Crippen LogP contribution is 2.48. The molecule has 32 heavy (non-hydrogen) atoms. The van der Waals surface area contributed by atoms with Crippen LogP contribution in [0.2, 0.25) is 0 Å². The van der Waals surface area contributed by atoms with Crippen LogP contribution in [0.1, 0.15) is 48.5 Å². The molecule has 3 fully saturated rings. The summed E-state index contributed by atoms with van der Waals surface area (Å²) in [4.78, 5) is 26.9. The maximum atomic E-state index is 12.9. The van der Waals surface area contributed by atoms with Gasteiger partial charge >= 0.3 is 5.97 Å². The Morgan fingerprint density at radius 1 is 1.31 bits per heavy atom. The summed E-state index contributed by atoms with van der Waals surface area (Å²) in [5, 5.41) is 19.0. The Morgan fingerprint density at radius 2 is 2.09 bits per heavy atom. The number of aromatic carboxylic acids is 1. The van der Waals surface area contributed by atoms with Crippen molar-refractivity contribution in [3.05, 3.63) is 34.1 Å². The normalized spacial score (nSPS) is 25.5. The Labute approximate surface area is 186 Å². The van der Waals surface area contributed by atoms with E-state index in [0.29, 0.717) is 40.8 Å². The van der Waals surface area contributed by atoms with Crippen molar-refractivity contribution in [2.75, 3.05) is 25.1 Å². The predicted octanol–water partition coefficient (Wildman–Crippen LogP) is 2.75. The molecular formula is C24H28N4O4. The molecule has 168 valence electrons. The smallest absolute Gasteiger partial charge is 0.341 e. The summed E-state index contributed by atoms with van der Waals surface area (Å²) in [6, 6.07) is 5.93. The highest BCUT2D eigenvalue weighted by atomic mass is 16.5. The third-order valence-corrected chi connectivity index (χ3v) is 7.63. The van der Waals surface area contributed by atoms with Crippen molar-refractivity contribution in [2.24, 2.45) is 23.5 Å². The van der Waals surface area contributed by atoms with E-state index in [2.05, 4.69) is 11.0 Å². The van der Waals surface area contributed by atoms with Crippen molar-refractivity contribution in [3.8, 4) is 11.8 Å². The fourth-order valence-corrected chi connectivity index (χ4v) is 5.94. The number of methoxy groups -OCH3 is 1. The maximum absolute atomic E-state index is 12.9. The van der Waals surface area contributed by atoms with Gasteiger partial charge in [0.2, 0.25) is 5.43 Å². The van der Waals surface area contributed by atoms with E-state index in [-0.39, 0.29) is 17.6 Å². The molecule has 2 aliphatic carbocycles. The number of benzene rings is 1. The van der Waals surface area contributed by atoms with Crippen LogP contribution in [-0.2, 0) is 0 Å². The van der Waals surface area contributed by atoms with Crippen LogP contribution in [0.3, 0.4) is 0 Å². The van der Waals surface area contributed by atoms with E-state index in [1.807, 2.05) is 10.6 Å². The number of fused-ring (bicyclic) bond motifs is 2. The van der Waals surface area contributed by atoms with E-state index in [4.69, 9.17) is 15.7 Å². The lowest BCUT2D eigenvalue weighted by atomic mass is 9.86. The zero-order chi connectivity index (χ0) is 22.6. The van der Waals surface area contributed by atoms with Gasteiger partial charge in [-0.25, -0.2) is 4.79 Å². The molecular weight excluding hydrogens is 408 g/mol. The molecule has 4 unspecified atom stereocenters. The lowest BCUT2D eigenvalue weighted by Gasteiger charge is -2.27. The molecule has 0 spiro atoms. The van der Waals surface area contributed by atoms with Crippen molar-refractivity contribution in [2.45, 2.75) is 44.2 Å². The van der Waals surface area contributed by atoms with Crippen LogP contribution in [0, 0.1) is 29.1 Å². The van der Waals surface area contributed by atoms with Gasteiger partial charge in [0.25, 0.3) is 0 Å². The number of nitriles is 1. The molecule has 2 heterocycles. The van der Waals surface area contributed by atoms with Crippen LogP contribution in [0.4, 0.5) is 5.69 Å². The average molecular weight is 437 g/mol. The quantitative estimate of drug-likeness (QED) is 0.714. The van der Waals surface area contributed by atoms with E-state index in [9.17, 15) is 14.7 Å². The van der Waals surface area contributed by atoms with Gasteiger partial charge in [-0.3, -0.25) is 4.79 Å². The molecule has 1 saturated heterocycles. The number of ether oxygens (including phenoxy) is 1. The molecule has 0 bridgehead atoms. The van der Waals surface area contributed by atoms with E-state index in [1.54, 1.807) is 13.2 Å². The Morgan fingerprint density at radius 3 is 2.75 bits per heavy atom. The van der Waals surface area contributed by atoms with E-state index < -0.39 is 11.4 Å². The molecule has 2 saturated carbocycles. The van der Waals surface area contributed by atoms with Gasteiger partial charge in [-0.2, -0.15) is 5.26 Å². The summed E-state index contributed by atoms with van der Waals surface area (Å²) in [7, 11) is 1.60. The molecule has 0 amide bonds. The van der Waals surface area contributed by atoms with Crippen LogP contribution < -0.4 is 20.8 Å². The van der Waals surface area contributed by atoms with Crippen LogP contribution >= 0.6 is 0 Å². The van der Waals surface area contributed by atoms with Crippen molar-refractivity contribution >= 4 is 22.6 Å². The maximum Gasteiger partial charge on any atom is 0.341 e. The summed E-state index contributed by atoms with van der Waals surface area (Å²) in [5.74, 6) is 0.741. The number of aromatic nitrogens is 1. The fraction of sp³-hybridized carbons (Fsp3) is 0.542. The van der Waals surface area contributed by atoms with Crippen molar-refractivity contribution in [1.29, 1.82) is 5.26 Å². The number of carboxylic acids is 1. The highest BCUT2D eigenvalue weighted by molar-refractivity contribution is 5.97. The largest absolute Gasteiger partial charge is 0.492 e. The van der Waals surface area contributed by atoms with Crippen molar-refractivity contribution < 1.29 is 14.6 Å². The van der Waals surface area contributed by atoms with Gasteiger partial charge in [0.15, 0.2) is 5.75 Å². The van der Waals surface area contributed by atoms with Crippen LogP contribution in [0.5, 0.6) is 5.75 Å². The van der Waals surface area contributed by atoms with Gasteiger partial charge in [0, 0.05) is 31.4 Å². The first kappa shape index (κ1) is 20.8. The topological polar surface area (TPSA) is 122 Å². The van der Waals surface area contributed by atoms with Gasteiger partial charge in [-0.05, 0) is 55.6 Å². The zero-order valence-electron chi connectivity index (χ0n) is 18.2. The van der Waals surface area contributed by atoms with Crippen LogP contribution in [0.25, 0.3) is 10.9 Å². The number of hydrogen-bond donors (Lipinski definition) is 2. The first-order chi connectivity index (χ1) is 15.4. The minimum absolute atomic E-state index is 0.0945. The third kappa shape index (κ3) is 3.23. The number of rotatable bonds is 6. The molecule has 3 N–H and O–H groups in total. The van der Waals surface area contributed by atoms with E-state index in [1.165, 1.54) is 6.20 Å². The lowest BCUT2D eigenvalue weighted by Crippen LogP contribution is -2.34. The minimum atomic E-state index is -1.21. The standard InChI is InChI=1S/C24H28N4O4/c1-32-23-20(27-10-13-2-5-15(17(13)11-27)19(26)8-9-25)7-6-16-21(23)28(14-3-4-14)12-18(22(16)29)24(30)31/h6-7,12-15,17,19H,2-5,8,10-11,26H2,1H3,(H,30,31). The monoisotopic (exact) mass is 436 g/mol. The Hall–Kier alpha value is -3.05. The van der Waals surface area contributed by atoms with Gasteiger partial charge in [-0.1, -0.05) is 0 Å². The van der Waals surface area contributed by atoms with Gasteiger partial charge in [0.05, 0.1) is 36.2 Å². The van der Waals surface area contributed by atoms with Gasteiger partial charge in [-0.15, -0.1) is 0 Å². The first-order valence-corrected chi connectivity index (χ1v) is 11.3. The third-order valence-electron chi connectivity index (χ3n) is 7.63. The number of carbonyl (C=O) groups is 1. The summed E-state index contributed by atoms with van der Waals surface area (Å²) in [6.45, 7) is 1.74. The molecule has 8 nitrogen and oxygen atoms in total. The van der Waals surface area contributed by atoms with Crippen molar-refractivity contribution in [1.82, 2.24) is 4.57 Å². The number of anilines is 1. The molecule has 3 aliphatic rings. The summed E-state index contributed by atoms with van der Waals surface area (Å²) >= 11 is 0.